The normalized spacial score (nSPS) is 19.2. The van der Waals surface area contributed by atoms with E-state index in [4.69, 9.17) is 0 Å². The van der Waals surface area contributed by atoms with Gasteiger partial charge in [-0.15, -0.1) is 0 Å². The van der Waals surface area contributed by atoms with Crippen LogP contribution in [0.15, 0.2) is 144 Å². The highest BCUT2D eigenvalue weighted by molar-refractivity contribution is 6.03. The maximum Gasteiger partial charge on any atom is 0.0463 e. The van der Waals surface area contributed by atoms with Crippen molar-refractivity contribution < 1.29 is 0 Å². The average Bonchev–Trinajstić information content (AvgIpc) is 3.69. The molecular weight excluding hydrogens is 480 g/mol. The quantitative estimate of drug-likeness (QED) is 0.242. The summed E-state index contributed by atoms with van der Waals surface area (Å²) in [4.78, 5) is 0. The first-order valence-corrected chi connectivity index (χ1v) is 14.6. The van der Waals surface area contributed by atoms with Gasteiger partial charge in [0.2, 0.25) is 0 Å². The fourth-order valence-corrected chi connectivity index (χ4v) is 7.17. The molecule has 4 aromatic rings. The molecule has 7 rings (SSSR count). The Hall–Kier alpha value is -4.42. The van der Waals surface area contributed by atoms with Crippen LogP contribution < -0.4 is 10.4 Å². The molecule has 0 spiro atoms. The van der Waals surface area contributed by atoms with Crippen LogP contribution in [0.4, 0.5) is 0 Å². The number of fused-ring (bicyclic) bond motifs is 2. The first-order valence-electron chi connectivity index (χ1n) is 14.6. The van der Waals surface area contributed by atoms with Crippen molar-refractivity contribution in [3.8, 4) is 11.1 Å². The van der Waals surface area contributed by atoms with Crippen molar-refractivity contribution in [2.75, 3.05) is 0 Å². The molecule has 4 aromatic carbocycles. The van der Waals surface area contributed by atoms with Crippen LogP contribution in [0.5, 0.6) is 0 Å². The Bertz CT molecular complexity index is 1850. The van der Waals surface area contributed by atoms with E-state index in [1.54, 1.807) is 0 Å². The monoisotopic (exact) mass is 514 g/mol. The van der Waals surface area contributed by atoms with E-state index < -0.39 is 0 Å². The van der Waals surface area contributed by atoms with Gasteiger partial charge >= 0.3 is 0 Å². The predicted octanol–water partition coefficient (Wildman–Crippen LogP) is 8.49. The van der Waals surface area contributed by atoms with Crippen molar-refractivity contribution in [3.05, 3.63) is 171 Å². The number of aryl methyl sites for hydroxylation is 1. The van der Waals surface area contributed by atoms with Gasteiger partial charge < -0.3 is 0 Å². The fourth-order valence-electron chi connectivity index (χ4n) is 7.17. The van der Waals surface area contributed by atoms with Gasteiger partial charge in [0.25, 0.3) is 0 Å². The molecule has 0 saturated carbocycles. The van der Waals surface area contributed by atoms with Gasteiger partial charge in [-0.2, -0.15) is 0 Å². The Kier molecular flexibility index (Phi) is 6.13. The van der Waals surface area contributed by atoms with Crippen molar-refractivity contribution in [3.63, 3.8) is 0 Å². The Morgan fingerprint density at radius 3 is 2.00 bits per heavy atom. The number of benzene rings is 4. The van der Waals surface area contributed by atoms with E-state index in [-0.39, 0.29) is 5.41 Å². The molecule has 0 heteroatoms. The molecule has 0 aliphatic heterocycles. The Balaban J connectivity index is 1.67. The van der Waals surface area contributed by atoms with Crippen LogP contribution in [0.2, 0.25) is 0 Å². The zero-order valence-electron chi connectivity index (χ0n) is 23.3. The maximum absolute atomic E-state index is 2.54. The van der Waals surface area contributed by atoms with Crippen LogP contribution in [-0.4, -0.2) is 0 Å². The molecule has 194 valence electrons. The summed E-state index contributed by atoms with van der Waals surface area (Å²) >= 11 is 0. The van der Waals surface area contributed by atoms with Gasteiger partial charge in [-0.25, -0.2) is 0 Å². The van der Waals surface area contributed by atoms with Crippen LogP contribution in [0.3, 0.4) is 0 Å². The minimum absolute atomic E-state index is 0.252. The topological polar surface area (TPSA) is 0 Å². The van der Waals surface area contributed by atoms with E-state index in [2.05, 4.69) is 147 Å². The van der Waals surface area contributed by atoms with E-state index in [0.717, 1.165) is 19.3 Å². The highest BCUT2D eigenvalue weighted by Crippen LogP contribution is 2.56. The highest BCUT2D eigenvalue weighted by Gasteiger charge is 2.45. The first kappa shape index (κ1) is 24.6. The summed E-state index contributed by atoms with van der Waals surface area (Å²) < 4.78 is 0. The van der Waals surface area contributed by atoms with Crippen molar-refractivity contribution >= 4 is 17.2 Å². The van der Waals surface area contributed by atoms with Gasteiger partial charge in [0.15, 0.2) is 0 Å². The second-order valence-corrected chi connectivity index (χ2v) is 11.0. The van der Waals surface area contributed by atoms with Gasteiger partial charge in [0, 0.05) is 5.41 Å². The van der Waals surface area contributed by atoms with Crippen LogP contribution in [0.1, 0.15) is 43.4 Å². The summed E-state index contributed by atoms with van der Waals surface area (Å²) in [5.74, 6) is 0. The van der Waals surface area contributed by atoms with Crippen LogP contribution in [0.25, 0.3) is 28.3 Å². The summed E-state index contributed by atoms with van der Waals surface area (Å²) in [5.41, 5.74) is 13.4. The van der Waals surface area contributed by atoms with Gasteiger partial charge in [-0.3, -0.25) is 0 Å². The van der Waals surface area contributed by atoms with E-state index >= 15 is 0 Å². The number of allylic oxidation sites excluding steroid dienone is 8. The Morgan fingerprint density at radius 1 is 0.700 bits per heavy atom. The molecule has 0 bridgehead atoms. The van der Waals surface area contributed by atoms with Gasteiger partial charge in [-0.05, 0) is 97.5 Å². The lowest BCUT2D eigenvalue weighted by Crippen LogP contribution is -2.34. The van der Waals surface area contributed by atoms with Crippen molar-refractivity contribution in [1.82, 2.24) is 0 Å². The molecule has 1 unspecified atom stereocenters. The van der Waals surface area contributed by atoms with Crippen LogP contribution in [-0.2, 0) is 11.8 Å². The van der Waals surface area contributed by atoms with Crippen LogP contribution in [0, 0.1) is 0 Å². The molecule has 0 aromatic heterocycles. The third-order valence-corrected chi connectivity index (χ3v) is 9.00. The summed E-state index contributed by atoms with van der Waals surface area (Å²) in [6.45, 7) is 4.63. The molecule has 1 atom stereocenters. The summed E-state index contributed by atoms with van der Waals surface area (Å²) in [6, 6.07) is 38.1. The fraction of sp³-hybridized carbons (Fsp3) is 0.150. The lowest BCUT2D eigenvalue weighted by atomic mass is 9.59. The lowest BCUT2D eigenvalue weighted by molar-refractivity contribution is 0.621. The van der Waals surface area contributed by atoms with Gasteiger partial charge in [-0.1, -0.05) is 135 Å². The Labute approximate surface area is 237 Å². The molecule has 0 radical (unpaired) electrons. The molecular formula is C40H34. The third kappa shape index (κ3) is 3.74. The lowest BCUT2D eigenvalue weighted by Gasteiger charge is -2.43. The molecule has 0 nitrogen and oxygen atoms in total. The highest BCUT2D eigenvalue weighted by atomic mass is 14.5. The zero-order chi connectivity index (χ0) is 27.1. The molecule has 0 amide bonds. The number of rotatable bonds is 6. The van der Waals surface area contributed by atoms with Crippen molar-refractivity contribution in [1.29, 1.82) is 0 Å². The summed E-state index contributed by atoms with van der Waals surface area (Å²) in [5, 5.41) is 2.71. The molecule has 40 heavy (non-hydrogen) atoms. The van der Waals surface area contributed by atoms with Gasteiger partial charge in [0.1, 0.15) is 0 Å². The maximum atomic E-state index is 2.54. The molecule has 3 aliphatic carbocycles. The molecule has 0 N–H and O–H groups in total. The second kappa shape index (κ2) is 9.96. The summed E-state index contributed by atoms with van der Waals surface area (Å²) in [6.07, 6.45) is 14.9. The predicted molar refractivity (Wildman–Crippen MR) is 170 cm³/mol. The third-order valence-electron chi connectivity index (χ3n) is 9.00. The molecule has 3 aliphatic rings. The molecule has 0 heterocycles. The standard InChI is InChI=1S/C40H34/c1-3-28-24-32-26-36-35(38(32)34(25-28)29-16-8-5-9-17-29)27-37(30-18-10-6-11-19-30)40(4-2,33-22-12-7-13-23-33)39(36)31-20-14-15-21-31/h5-20,22-27H,3-4,21H2,1-2H3. The number of hydrogen-bond donors (Lipinski definition) is 0. The van der Waals surface area contributed by atoms with Crippen LogP contribution >= 0.6 is 0 Å². The molecule has 0 saturated heterocycles. The van der Waals surface area contributed by atoms with Crippen molar-refractivity contribution in [2.45, 2.75) is 38.5 Å². The SMILES string of the molecule is CCc1cc(-c2ccccc2)c2c(c1)=CC1=C(C3=CC=CC3)C(CC)(c3ccccc3)C(c3ccccc3)=CC=21. The molecule has 0 fully saturated rings. The average molecular weight is 515 g/mol. The van der Waals surface area contributed by atoms with Crippen molar-refractivity contribution in [2.24, 2.45) is 0 Å². The van der Waals surface area contributed by atoms with E-state index in [1.807, 2.05) is 0 Å². The number of hydrogen-bond acceptors (Lipinski definition) is 0. The zero-order valence-corrected chi connectivity index (χ0v) is 23.3. The van der Waals surface area contributed by atoms with E-state index in [0.29, 0.717) is 0 Å². The second-order valence-electron chi connectivity index (χ2n) is 11.0. The van der Waals surface area contributed by atoms with Gasteiger partial charge in [0.05, 0.1) is 0 Å². The first-order chi connectivity index (χ1) is 19.7. The summed E-state index contributed by atoms with van der Waals surface area (Å²) in [7, 11) is 0. The Morgan fingerprint density at radius 2 is 1.38 bits per heavy atom. The van der Waals surface area contributed by atoms with E-state index in [9.17, 15) is 0 Å². The largest absolute Gasteiger partial charge is 0.0801 e. The smallest absolute Gasteiger partial charge is 0.0463 e. The van der Waals surface area contributed by atoms with E-state index in [1.165, 1.54) is 66.1 Å². The minimum atomic E-state index is -0.252. The minimum Gasteiger partial charge on any atom is -0.0801 e.